The van der Waals surface area contributed by atoms with Gasteiger partial charge in [-0.15, -0.1) is 0 Å². The summed E-state index contributed by atoms with van der Waals surface area (Å²) < 4.78 is 0. The minimum atomic E-state index is 0.708. The maximum Gasteiger partial charge on any atom is 0.0452 e. The lowest BCUT2D eigenvalue weighted by Gasteiger charge is -1.88. The van der Waals surface area contributed by atoms with Gasteiger partial charge in [-0.25, -0.2) is 0 Å². The predicted molar refractivity (Wildman–Crippen MR) is 45.9 cm³/mol. The standard InChI is InChI=1S/C8H14N2/c1-4-7(2)5-10-6-8(3)9/h5-6H,2,4,9H2,1,3H3/b8-6-,10-5?. The molecule has 0 saturated carbocycles. The van der Waals surface area contributed by atoms with E-state index in [4.69, 9.17) is 5.73 Å². The van der Waals surface area contributed by atoms with E-state index in [2.05, 4.69) is 11.6 Å². The van der Waals surface area contributed by atoms with Gasteiger partial charge in [0.1, 0.15) is 0 Å². The van der Waals surface area contributed by atoms with Gasteiger partial charge >= 0.3 is 0 Å². The van der Waals surface area contributed by atoms with Gasteiger partial charge in [0.05, 0.1) is 0 Å². The van der Waals surface area contributed by atoms with Crippen LogP contribution in [0.5, 0.6) is 0 Å². The normalized spacial score (nSPS) is 12.4. The van der Waals surface area contributed by atoms with E-state index in [1.807, 2.05) is 6.92 Å². The highest BCUT2D eigenvalue weighted by Gasteiger charge is 1.79. The lowest BCUT2D eigenvalue weighted by molar-refractivity contribution is 1.18. The zero-order valence-corrected chi connectivity index (χ0v) is 6.59. The number of nitrogens with zero attached hydrogens (tertiary/aromatic N) is 1. The van der Waals surface area contributed by atoms with Crippen LogP contribution in [0.3, 0.4) is 0 Å². The quantitative estimate of drug-likeness (QED) is 0.594. The third-order valence-electron chi connectivity index (χ3n) is 0.989. The second kappa shape index (κ2) is 4.79. The monoisotopic (exact) mass is 138 g/mol. The van der Waals surface area contributed by atoms with Crippen molar-refractivity contribution >= 4 is 6.21 Å². The first-order valence-electron chi connectivity index (χ1n) is 3.30. The third-order valence-corrected chi connectivity index (χ3v) is 0.989. The van der Waals surface area contributed by atoms with E-state index < -0.39 is 0 Å². The molecule has 0 unspecified atom stereocenters. The van der Waals surface area contributed by atoms with Crippen LogP contribution in [0, 0.1) is 0 Å². The van der Waals surface area contributed by atoms with Crippen molar-refractivity contribution in [3.05, 3.63) is 24.0 Å². The Labute approximate surface area is 62.1 Å². The lowest BCUT2D eigenvalue weighted by Crippen LogP contribution is -1.88. The van der Waals surface area contributed by atoms with Gasteiger partial charge in [-0.05, 0) is 18.9 Å². The van der Waals surface area contributed by atoms with Crippen molar-refractivity contribution in [1.82, 2.24) is 0 Å². The van der Waals surface area contributed by atoms with Crippen LogP contribution >= 0.6 is 0 Å². The van der Waals surface area contributed by atoms with Gasteiger partial charge in [-0.1, -0.05) is 13.5 Å². The second-order valence-electron chi connectivity index (χ2n) is 2.16. The zero-order chi connectivity index (χ0) is 7.98. The summed E-state index contributed by atoms with van der Waals surface area (Å²) in [6, 6.07) is 0. The van der Waals surface area contributed by atoms with Crippen LogP contribution < -0.4 is 5.73 Å². The number of nitrogens with two attached hydrogens (primary N) is 1. The molecular formula is C8H14N2. The molecule has 0 aromatic rings. The topological polar surface area (TPSA) is 38.4 Å². The number of hydrogen-bond donors (Lipinski definition) is 1. The predicted octanol–water partition coefficient (Wildman–Crippen LogP) is 1.84. The summed E-state index contributed by atoms with van der Waals surface area (Å²) >= 11 is 0. The fourth-order valence-corrected chi connectivity index (χ4v) is 0.352. The summed E-state index contributed by atoms with van der Waals surface area (Å²) in [4.78, 5) is 3.93. The van der Waals surface area contributed by atoms with Crippen molar-refractivity contribution in [1.29, 1.82) is 0 Å². The zero-order valence-electron chi connectivity index (χ0n) is 6.59. The average Bonchev–Trinajstić information content (AvgIpc) is 1.87. The van der Waals surface area contributed by atoms with Crippen molar-refractivity contribution in [3.8, 4) is 0 Å². The molecule has 0 saturated heterocycles. The lowest BCUT2D eigenvalue weighted by atomic mass is 10.3. The van der Waals surface area contributed by atoms with Gasteiger partial charge in [-0.2, -0.15) is 0 Å². The van der Waals surface area contributed by atoms with Gasteiger partial charge in [0, 0.05) is 18.1 Å². The van der Waals surface area contributed by atoms with E-state index >= 15 is 0 Å². The van der Waals surface area contributed by atoms with E-state index in [0.717, 1.165) is 12.0 Å². The molecule has 0 aliphatic heterocycles. The Balaban J connectivity index is 3.77. The SMILES string of the molecule is C=C(C=N/C=C(/C)N)CC. The molecule has 0 aliphatic carbocycles. The maximum atomic E-state index is 5.34. The molecule has 2 nitrogen and oxygen atoms in total. The molecule has 0 aliphatic rings. The Morgan fingerprint density at radius 3 is 2.70 bits per heavy atom. The molecule has 0 heterocycles. The van der Waals surface area contributed by atoms with E-state index in [9.17, 15) is 0 Å². The Bertz CT molecular complexity index is 162. The molecule has 0 atom stereocenters. The first kappa shape index (κ1) is 8.95. The summed E-state index contributed by atoms with van der Waals surface area (Å²) in [6.07, 6.45) is 4.26. The maximum absolute atomic E-state index is 5.34. The van der Waals surface area contributed by atoms with Gasteiger partial charge in [-0.3, -0.25) is 4.99 Å². The fraction of sp³-hybridized carbons (Fsp3) is 0.375. The van der Waals surface area contributed by atoms with E-state index in [-0.39, 0.29) is 0 Å². The van der Waals surface area contributed by atoms with E-state index in [0.29, 0.717) is 5.70 Å². The molecule has 0 bridgehead atoms. The Hall–Kier alpha value is -1.05. The fourth-order valence-electron chi connectivity index (χ4n) is 0.352. The van der Waals surface area contributed by atoms with Crippen molar-refractivity contribution in [3.63, 3.8) is 0 Å². The Kier molecular flexibility index (Phi) is 4.29. The number of aliphatic imine (C=N–C) groups is 1. The molecule has 56 valence electrons. The van der Waals surface area contributed by atoms with Crippen LogP contribution in [0.1, 0.15) is 20.3 Å². The largest absolute Gasteiger partial charge is 0.401 e. The number of hydrogen-bond acceptors (Lipinski definition) is 2. The van der Waals surface area contributed by atoms with Gasteiger partial charge in [0.2, 0.25) is 0 Å². The van der Waals surface area contributed by atoms with Crippen LogP contribution in [0.2, 0.25) is 0 Å². The molecule has 2 heteroatoms. The summed E-state index contributed by atoms with van der Waals surface area (Å²) in [5.74, 6) is 0. The smallest absolute Gasteiger partial charge is 0.0452 e. The van der Waals surface area contributed by atoms with E-state index in [1.54, 1.807) is 19.3 Å². The second-order valence-corrected chi connectivity index (χ2v) is 2.16. The number of rotatable bonds is 3. The molecule has 0 spiro atoms. The molecule has 0 aromatic carbocycles. The molecule has 0 aromatic heterocycles. The first-order valence-corrected chi connectivity index (χ1v) is 3.30. The van der Waals surface area contributed by atoms with Crippen LogP contribution in [0.25, 0.3) is 0 Å². The third kappa shape index (κ3) is 5.09. The van der Waals surface area contributed by atoms with Crippen LogP contribution in [-0.2, 0) is 0 Å². The van der Waals surface area contributed by atoms with Gasteiger partial charge < -0.3 is 5.73 Å². The van der Waals surface area contributed by atoms with Crippen molar-refractivity contribution in [2.75, 3.05) is 0 Å². The molecule has 2 N–H and O–H groups in total. The van der Waals surface area contributed by atoms with Gasteiger partial charge in [0.25, 0.3) is 0 Å². The van der Waals surface area contributed by atoms with Gasteiger partial charge in [0.15, 0.2) is 0 Å². The summed E-state index contributed by atoms with van der Waals surface area (Å²) in [5, 5.41) is 0. The number of allylic oxidation sites excluding steroid dienone is 2. The van der Waals surface area contributed by atoms with Crippen LogP contribution in [0.4, 0.5) is 0 Å². The van der Waals surface area contributed by atoms with Crippen molar-refractivity contribution < 1.29 is 0 Å². The van der Waals surface area contributed by atoms with Crippen molar-refractivity contribution in [2.24, 2.45) is 10.7 Å². The van der Waals surface area contributed by atoms with Crippen LogP contribution in [0.15, 0.2) is 29.0 Å². The highest BCUT2D eigenvalue weighted by Crippen LogP contribution is 1.91. The molecule has 0 fully saturated rings. The highest BCUT2D eigenvalue weighted by atomic mass is 14.7. The minimum absolute atomic E-state index is 0.708. The first-order chi connectivity index (χ1) is 4.66. The van der Waals surface area contributed by atoms with Crippen molar-refractivity contribution in [2.45, 2.75) is 20.3 Å². The molecular weight excluding hydrogens is 124 g/mol. The molecule has 0 rings (SSSR count). The molecule has 0 amide bonds. The Morgan fingerprint density at radius 2 is 2.30 bits per heavy atom. The average molecular weight is 138 g/mol. The summed E-state index contributed by atoms with van der Waals surface area (Å²) in [6.45, 7) is 7.58. The summed E-state index contributed by atoms with van der Waals surface area (Å²) in [7, 11) is 0. The van der Waals surface area contributed by atoms with Crippen LogP contribution in [-0.4, -0.2) is 6.21 Å². The molecule has 10 heavy (non-hydrogen) atoms. The summed E-state index contributed by atoms with van der Waals surface area (Å²) in [5.41, 5.74) is 7.06. The highest BCUT2D eigenvalue weighted by molar-refractivity contribution is 5.77. The Morgan fingerprint density at radius 1 is 1.70 bits per heavy atom. The van der Waals surface area contributed by atoms with E-state index in [1.165, 1.54) is 0 Å². The minimum Gasteiger partial charge on any atom is -0.401 e. The molecule has 0 radical (unpaired) electrons.